The van der Waals surface area contributed by atoms with E-state index in [0.29, 0.717) is 18.5 Å². The average Bonchev–Trinajstić information content (AvgIpc) is 3.02. The van der Waals surface area contributed by atoms with Crippen LogP contribution in [-0.2, 0) is 4.79 Å². The molecule has 0 fully saturated rings. The van der Waals surface area contributed by atoms with E-state index in [1.165, 1.54) is 28.8 Å². The Balaban J connectivity index is 2.27. The van der Waals surface area contributed by atoms with Gasteiger partial charge in [-0.05, 0) is 49.2 Å². The number of phenols is 1. The lowest BCUT2D eigenvalue weighted by molar-refractivity contribution is -0.139. The number of carbonyl (C=O) groups is 2. The molecule has 2 N–H and O–H groups in total. The minimum atomic E-state index is -1.11. The van der Waals surface area contributed by atoms with Gasteiger partial charge in [0, 0.05) is 16.6 Å². The second kappa shape index (κ2) is 9.28. The number of halogens is 3. The van der Waals surface area contributed by atoms with Gasteiger partial charge in [0.25, 0.3) is 5.91 Å². The van der Waals surface area contributed by atoms with Crippen LogP contribution in [0.25, 0.3) is 10.9 Å². The Kier molecular flexibility index (Phi) is 6.92. The molecule has 2 aromatic carbocycles. The van der Waals surface area contributed by atoms with Crippen LogP contribution in [0.1, 0.15) is 60.1 Å². The maximum absolute atomic E-state index is 15.0. The first-order valence-corrected chi connectivity index (χ1v) is 10.7. The summed E-state index contributed by atoms with van der Waals surface area (Å²) in [7, 11) is 0. The van der Waals surface area contributed by atoms with E-state index in [0.717, 1.165) is 18.9 Å². The molecule has 0 bridgehead atoms. The van der Waals surface area contributed by atoms with Crippen molar-refractivity contribution >= 4 is 46.0 Å². The predicted octanol–water partition coefficient (Wildman–Crippen LogP) is 6.54. The Bertz CT molecular complexity index is 1170. The van der Waals surface area contributed by atoms with Crippen LogP contribution in [0.4, 0.5) is 4.39 Å². The number of aromatic hydroxyl groups is 1. The summed E-state index contributed by atoms with van der Waals surface area (Å²) in [4.78, 5) is 25.4. The summed E-state index contributed by atoms with van der Waals surface area (Å²) in [5, 5.41) is 20.3. The van der Waals surface area contributed by atoms with Crippen molar-refractivity contribution in [2.24, 2.45) is 0 Å². The van der Waals surface area contributed by atoms with Crippen molar-refractivity contribution in [2.45, 2.75) is 45.4 Å². The predicted molar refractivity (Wildman–Crippen MR) is 119 cm³/mol. The van der Waals surface area contributed by atoms with E-state index in [9.17, 15) is 19.8 Å². The van der Waals surface area contributed by atoms with Gasteiger partial charge in [0.1, 0.15) is 0 Å². The number of fused-ring (bicyclic) bond motifs is 1. The molecule has 31 heavy (non-hydrogen) atoms. The van der Waals surface area contributed by atoms with Crippen molar-refractivity contribution < 1.29 is 24.2 Å². The van der Waals surface area contributed by atoms with Gasteiger partial charge in [-0.2, -0.15) is 0 Å². The highest BCUT2D eigenvalue weighted by Crippen LogP contribution is 2.39. The van der Waals surface area contributed by atoms with Crippen LogP contribution in [0.5, 0.6) is 5.75 Å². The summed E-state index contributed by atoms with van der Waals surface area (Å²) in [5.41, 5.74) is 0.896. The smallest absolute Gasteiger partial charge is 0.311 e. The number of aromatic nitrogens is 1. The molecule has 0 aliphatic heterocycles. The molecule has 1 atom stereocenters. The number of benzene rings is 2. The third-order valence-electron chi connectivity index (χ3n) is 5.45. The number of aliphatic carboxylic acids is 1. The maximum Gasteiger partial charge on any atom is 0.311 e. The van der Waals surface area contributed by atoms with Crippen LogP contribution in [-0.4, -0.2) is 26.7 Å². The zero-order valence-corrected chi connectivity index (χ0v) is 18.6. The molecule has 8 heteroatoms. The lowest BCUT2D eigenvalue weighted by atomic mass is 9.90. The summed E-state index contributed by atoms with van der Waals surface area (Å²) in [6, 6.07) is 6.94. The minimum Gasteiger partial charge on any atom is -0.505 e. The molecule has 0 spiro atoms. The van der Waals surface area contributed by atoms with Gasteiger partial charge in [-0.3, -0.25) is 14.2 Å². The fourth-order valence-corrected chi connectivity index (χ4v) is 4.21. The molecule has 164 valence electrons. The molecular weight excluding hydrogens is 444 g/mol. The molecule has 0 amide bonds. The van der Waals surface area contributed by atoms with E-state index >= 15 is 4.39 Å². The Morgan fingerprint density at radius 1 is 1.13 bits per heavy atom. The summed E-state index contributed by atoms with van der Waals surface area (Å²) in [6.07, 6.45) is 2.66. The summed E-state index contributed by atoms with van der Waals surface area (Å²) < 4.78 is 16.3. The number of carboxylic acids is 1. The standard InChI is InChI=1S/C23H22Cl2FNO4/c1-3-4-5-6-14(23(30)31)19-12(2)27(17-9-10-18(28)21(26)20(17)19)22(29)13-7-8-15(24)16(25)11-13/h7-11,14,28H,3-6H2,1-2H3,(H,30,31)/t14-/m0/s1. The van der Waals surface area contributed by atoms with Gasteiger partial charge in [0.05, 0.1) is 21.5 Å². The number of rotatable bonds is 7. The molecule has 0 saturated carbocycles. The molecule has 0 aliphatic carbocycles. The van der Waals surface area contributed by atoms with Crippen molar-refractivity contribution in [2.75, 3.05) is 0 Å². The molecule has 5 nitrogen and oxygen atoms in total. The Hall–Kier alpha value is -2.57. The fraction of sp³-hybridized carbons (Fsp3) is 0.304. The average molecular weight is 466 g/mol. The highest BCUT2D eigenvalue weighted by atomic mass is 35.5. The number of unbranched alkanes of at least 4 members (excludes halogenated alkanes) is 2. The fourth-order valence-electron chi connectivity index (χ4n) is 3.92. The van der Waals surface area contributed by atoms with Gasteiger partial charge in [-0.1, -0.05) is 49.4 Å². The maximum atomic E-state index is 15.0. The number of phenolic OH excluding ortho intramolecular Hbond substituents is 1. The molecule has 0 aliphatic rings. The lowest BCUT2D eigenvalue weighted by Gasteiger charge is -2.14. The largest absolute Gasteiger partial charge is 0.505 e. The van der Waals surface area contributed by atoms with Gasteiger partial charge < -0.3 is 10.2 Å². The van der Waals surface area contributed by atoms with Crippen molar-refractivity contribution in [1.29, 1.82) is 0 Å². The van der Waals surface area contributed by atoms with Crippen molar-refractivity contribution in [3.63, 3.8) is 0 Å². The zero-order valence-electron chi connectivity index (χ0n) is 17.1. The molecule has 3 aromatic rings. The Morgan fingerprint density at radius 2 is 1.84 bits per heavy atom. The summed E-state index contributed by atoms with van der Waals surface area (Å²) in [6.45, 7) is 3.58. The van der Waals surface area contributed by atoms with Crippen molar-refractivity contribution in [1.82, 2.24) is 4.57 Å². The SMILES string of the molecule is CCCCC[C@H](C(=O)O)c1c(C)n(C(=O)c2ccc(Cl)c(Cl)c2)c2ccc(O)c(F)c12. The van der Waals surface area contributed by atoms with Crippen LogP contribution < -0.4 is 0 Å². The van der Waals surface area contributed by atoms with E-state index in [4.69, 9.17) is 23.2 Å². The number of carboxylic acid groups (broad SMARTS) is 1. The van der Waals surface area contributed by atoms with E-state index in [1.54, 1.807) is 6.92 Å². The third-order valence-corrected chi connectivity index (χ3v) is 6.19. The van der Waals surface area contributed by atoms with E-state index in [1.807, 2.05) is 6.92 Å². The molecule has 0 unspecified atom stereocenters. The normalized spacial score (nSPS) is 12.3. The monoisotopic (exact) mass is 465 g/mol. The second-order valence-electron chi connectivity index (χ2n) is 7.45. The lowest BCUT2D eigenvalue weighted by Crippen LogP contribution is -2.16. The van der Waals surface area contributed by atoms with Crippen LogP contribution in [0.3, 0.4) is 0 Å². The van der Waals surface area contributed by atoms with E-state index < -0.39 is 29.4 Å². The topological polar surface area (TPSA) is 79.5 Å². The highest BCUT2D eigenvalue weighted by Gasteiger charge is 2.31. The van der Waals surface area contributed by atoms with Gasteiger partial charge in [-0.15, -0.1) is 0 Å². The quantitative estimate of drug-likeness (QED) is 0.388. The van der Waals surface area contributed by atoms with Gasteiger partial charge in [-0.25, -0.2) is 4.39 Å². The van der Waals surface area contributed by atoms with Crippen LogP contribution in [0, 0.1) is 12.7 Å². The van der Waals surface area contributed by atoms with Crippen LogP contribution in [0.15, 0.2) is 30.3 Å². The van der Waals surface area contributed by atoms with Gasteiger partial charge in [0.2, 0.25) is 0 Å². The molecule has 1 aromatic heterocycles. The number of nitrogens with zero attached hydrogens (tertiary/aromatic N) is 1. The van der Waals surface area contributed by atoms with Gasteiger partial charge >= 0.3 is 5.97 Å². The first-order chi connectivity index (χ1) is 14.7. The van der Waals surface area contributed by atoms with E-state index in [-0.39, 0.29) is 32.1 Å². The summed E-state index contributed by atoms with van der Waals surface area (Å²) >= 11 is 12.0. The van der Waals surface area contributed by atoms with Gasteiger partial charge in [0.15, 0.2) is 11.6 Å². The van der Waals surface area contributed by atoms with Crippen molar-refractivity contribution in [3.05, 3.63) is 63.0 Å². The number of hydrogen-bond acceptors (Lipinski definition) is 3. The van der Waals surface area contributed by atoms with Crippen LogP contribution >= 0.6 is 23.2 Å². The van der Waals surface area contributed by atoms with Crippen LogP contribution in [0.2, 0.25) is 10.0 Å². The molecule has 0 radical (unpaired) electrons. The molecule has 3 rings (SSSR count). The molecule has 1 heterocycles. The first kappa shape index (κ1) is 23.1. The second-order valence-corrected chi connectivity index (χ2v) is 8.26. The molecule has 0 saturated heterocycles. The first-order valence-electron chi connectivity index (χ1n) is 9.93. The van der Waals surface area contributed by atoms with Crippen molar-refractivity contribution in [3.8, 4) is 5.75 Å². The minimum absolute atomic E-state index is 0.0604. The summed E-state index contributed by atoms with van der Waals surface area (Å²) in [5.74, 6) is -4.19. The third kappa shape index (κ3) is 4.27. The Morgan fingerprint density at radius 3 is 2.45 bits per heavy atom. The number of hydrogen-bond donors (Lipinski definition) is 2. The highest BCUT2D eigenvalue weighted by molar-refractivity contribution is 6.42. The zero-order chi connectivity index (χ0) is 22.9. The van der Waals surface area contributed by atoms with E-state index in [2.05, 4.69) is 0 Å². The molecular formula is C23H22Cl2FNO4. The Labute approximate surface area is 189 Å². The number of carbonyl (C=O) groups excluding carboxylic acids is 1.